The quantitative estimate of drug-likeness (QED) is 0.512. The van der Waals surface area contributed by atoms with Crippen LogP contribution in [0, 0.1) is 11.8 Å². The van der Waals surface area contributed by atoms with Gasteiger partial charge in [0, 0.05) is 11.8 Å². The van der Waals surface area contributed by atoms with Crippen LogP contribution in [0.3, 0.4) is 0 Å². The summed E-state index contributed by atoms with van der Waals surface area (Å²) in [6, 6.07) is 9.80. The zero-order chi connectivity index (χ0) is 21.3. The first-order valence-corrected chi connectivity index (χ1v) is 9.94. The molecule has 1 heterocycles. The lowest BCUT2D eigenvalue weighted by atomic mass is 9.67. The molecule has 1 fully saturated rings. The maximum atomic E-state index is 12.7. The highest BCUT2D eigenvalue weighted by Crippen LogP contribution is 2.50. The molecule has 0 bridgehead atoms. The van der Waals surface area contributed by atoms with E-state index in [0.717, 1.165) is 23.1 Å². The van der Waals surface area contributed by atoms with Gasteiger partial charge in [0.15, 0.2) is 23.0 Å². The van der Waals surface area contributed by atoms with Crippen LogP contribution in [-0.2, 0) is 16.0 Å². The Hall–Kier alpha value is -3.15. The summed E-state index contributed by atoms with van der Waals surface area (Å²) in [5, 5.41) is 0. The van der Waals surface area contributed by atoms with Gasteiger partial charge in [-0.15, -0.1) is 0 Å². The Morgan fingerprint density at radius 3 is 2.43 bits per heavy atom. The van der Waals surface area contributed by atoms with Gasteiger partial charge in [-0.3, -0.25) is 4.79 Å². The average Bonchev–Trinajstić information content (AvgIpc) is 3.15. The second-order valence-electron chi connectivity index (χ2n) is 7.51. The molecule has 3 atom stereocenters. The summed E-state index contributed by atoms with van der Waals surface area (Å²) in [6.45, 7) is 4.50. The molecule has 2 aliphatic rings. The van der Waals surface area contributed by atoms with Crippen LogP contribution in [0.5, 0.6) is 23.0 Å². The van der Waals surface area contributed by atoms with E-state index in [-0.39, 0.29) is 23.7 Å². The van der Waals surface area contributed by atoms with Gasteiger partial charge in [-0.05, 0) is 47.4 Å². The molecule has 4 rings (SSSR count). The fourth-order valence-electron chi connectivity index (χ4n) is 4.59. The first-order valence-electron chi connectivity index (χ1n) is 9.94. The molecule has 6 nitrogen and oxygen atoms in total. The summed E-state index contributed by atoms with van der Waals surface area (Å²) in [5.41, 5.74) is 3.16. The van der Waals surface area contributed by atoms with Crippen molar-refractivity contribution < 1.29 is 28.5 Å². The van der Waals surface area contributed by atoms with Crippen LogP contribution >= 0.6 is 0 Å². The highest BCUT2D eigenvalue weighted by atomic mass is 16.5. The molecule has 2 aromatic rings. The van der Waals surface area contributed by atoms with E-state index in [9.17, 15) is 4.79 Å². The van der Waals surface area contributed by atoms with Gasteiger partial charge in [-0.25, -0.2) is 0 Å². The van der Waals surface area contributed by atoms with E-state index in [0.29, 0.717) is 36.2 Å². The van der Waals surface area contributed by atoms with Crippen LogP contribution in [0.4, 0.5) is 0 Å². The molecule has 0 radical (unpaired) electrons. The number of hydrogen-bond acceptors (Lipinski definition) is 6. The van der Waals surface area contributed by atoms with Crippen LogP contribution in [0.2, 0.25) is 0 Å². The second-order valence-corrected chi connectivity index (χ2v) is 7.51. The van der Waals surface area contributed by atoms with E-state index in [1.54, 1.807) is 27.4 Å². The molecule has 0 saturated carbocycles. The Bertz CT molecular complexity index is 966. The van der Waals surface area contributed by atoms with Crippen LogP contribution in [-0.4, -0.2) is 40.5 Å². The zero-order valence-corrected chi connectivity index (χ0v) is 17.5. The lowest BCUT2D eigenvalue weighted by molar-refractivity contribution is -0.141. The number of ether oxygens (including phenoxy) is 5. The maximum Gasteiger partial charge on any atom is 0.310 e. The fraction of sp³-hybridized carbons (Fsp3) is 0.375. The third kappa shape index (κ3) is 3.36. The van der Waals surface area contributed by atoms with E-state index in [2.05, 4.69) is 6.58 Å². The Labute approximate surface area is 176 Å². The normalized spacial score (nSPS) is 21.8. The van der Waals surface area contributed by atoms with Gasteiger partial charge >= 0.3 is 5.97 Å². The van der Waals surface area contributed by atoms with Crippen molar-refractivity contribution in [1.29, 1.82) is 0 Å². The number of fused-ring (bicyclic) bond motifs is 2. The van der Waals surface area contributed by atoms with Crippen molar-refractivity contribution in [2.45, 2.75) is 12.3 Å². The molecule has 0 amide bonds. The molecule has 0 unspecified atom stereocenters. The Morgan fingerprint density at radius 1 is 1.03 bits per heavy atom. The minimum absolute atomic E-state index is 0.121. The van der Waals surface area contributed by atoms with E-state index in [1.807, 2.05) is 30.3 Å². The molecule has 158 valence electrons. The average molecular weight is 410 g/mol. The van der Waals surface area contributed by atoms with Crippen molar-refractivity contribution in [3.05, 3.63) is 59.7 Å². The van der Waals surface area contributed by atoms with Gasteiger partial charge < -0.3 is 23.7 Å². The molecule has 30 heavy (non-hydrogen) atoms. The smallest absolute Gasteiger partial charge is 0.310 e. The van der Waals surface area contributed by atoms with Crippen molar-refractivity contribution in [2.75, 3.05) is 34.5 Å². The Kier molecular flexibility index (Phi) is 5.57. The van der Waals surface area contributed by atoms with Gasteiger partial charge in [-0.2, -0.15) is 0 Å². The number of carbonyl (C=O) groups excluding carboxylic acids is 1. The lowest BCUT2D eigenvalue weighted by Gasteiger charge is -2.34. The molecule has 0 aromatic heterocycles. The highest BCUT2D eigenvalue weighted by Gasteiger charge is 2.47. The van der Waals surface area contributed by atoms with Crippen molar-refractivity contribution in [3.8, 4) is 23.0 Å². The third-order valence-electron chi connectivity index (χ3n) is 5.94. The van der Waals surface area contributed by atoms with Gasteiger partial charge in [0.05, 0.1) is 33.9 Å². The predicted molar refractivity (Wildman–Crippen MR) is 112 cm³/mol. The van der Waals surface area contributed by atoms with E-state index in [4.69, 9.17) is 23.7 Å². The van der Waals surface area contributed by atoms with Crippen molar-refractivity contribution >= 4 is 5.97 Å². The van der Waals surface area contributed by atoms with Crippen molar-refractivity contribution in [3.63, 3.8) is 0 Å². The number of esters is 1. The number of benzene rings is 2. The minimum atomic E-state index is -0.250. The highest BCUT2D eigenvalue weighted by molar-refractivity contribution is 5.78. The summed E-state index contributed by atoms with van der Waals surface area (Å²) in [5.74, 6) is 2.12. The SMILES string of the molecule is C=CCOc1ccc([C@H]2c3cc(OC)c(OC)cc3C[C@H]3COC(=O)[C@@H]32)cc1OC. The first-order chi connectivity index (χ1) is 14.6. The summed E-state index contributed by atoms with van der Waals surface area (Å²) >= 11 is 0. The number of rotatable bonds is 7. The number of cyclic esters (lactones) is 1. The summed E-state index contributed by atoms with van der Waals surface area (Å²) in [7, 11) is 4.85. The summed E-state index contributed by atoms with van der Waals surface area (Å²) in [6.07, 6.45) is 2.45. The number of methoxy groups -OCH3 is 3. The standard InChI is InChI=1S/C24H26O6/c1-5-8-29-18-7-6-14(10-19(18)26-2)22-17-12-21(28-4)20(27-3)11-15(17)9-16-13-30-24(25)23(16)22/h5-7,10-12,16,22-23H,1,8-9,13H2,2-4H3/t16-,22-,23-/m0/s1. The van der Waals surface area contributed by atoms with Gasteiger partial charge in [0.1, 0.15) is 6.61 Å². The minimum Gasteiger partial charge on any atom is -0.493 e. The van der Waals surface area contributed by atoms with E-state index in [1.165, 1.54) is 0 Å². The maximum absolute atomic E-state index is 12.7. The summed E-state index contributed by atoms with van der Waals surface area (Å²) in [4.78, 5) is 12.7. The number of hydrogen-bond donors (Lipinski definition) is 0. The molecule has 6 heteroatoms. The number of carbonyl (C=O) groups is 1. The van der Waals surface area contributed by atoms with Crippen LogP contribution < -0.4 is 18.9 Å². The van der Waals surface area contributed by atoms with Crippen LogP contribution in [0.15, 0.2) is 43.0 Å². The fourth-order valence-corrected chi connectivity index (χ4v) is 4.59. The molecule has 1 aliphatic heterocycles. The van der Waals surface area contributed by atoms with E-state index >= 15 is 0 Å². The van der Waals surface area contributed by atoms with Crippen molar-refractivity contribution in [2.24, 2.45) is 11.8 Å². The van der Waals surface area contributed by atoms with Crippen LogP contribution in [0.25, 0.3) is 0 Å². The predicted octanol–water partition coefficient (Wildman–Crippen LogP) is 3.75. The molecule has 1 aliphatic carbocycles. The lowest BCUT2D eigenvalue weighted by Crippen LogP contribution is -2.31. The van der Waals surface area contributed by atoms with Gasteiger partial charge in [0.2, 0.25) is 0 Å². The molecule has 0 spiro atoms. The topological polar surface area (TPSA) is 63.2 Å². The summed E-state index contributed by atoms with van der Waals surface area (Å²) < 4.78 is 27.7. The first kappa shape index (κ1) is 20.1. The Balaban J connectivity index is 1.85. The molecule has 2 aromatic carbocycles. The third-order valence-corrected chi connectivity index (χ3v) is 5.94. The largest absolute Gasteiger partial charge is 0.493 e. The second kappa shape index (κ2) is 8.30. The Morgan fingerprint density at radius 2 is 1.73 bits per heavy atom. The monoisotopic (exact) mass is 410 g/mol. The van der Waals surface area contributed by atoms with Crippen LogP contribution in [0.1, 0.15) is 22.6 Å². The molecular formula is C24H26O6. The van der Waals surface area contributed by atoms with Gasteiger partial charge in [-0.1, -0.05) is 18.7 Å². The van der Waals surface area contributed by atoms with Gasteiger partial charge in [0.25, 0.3) is 0 Å². The zero-order valence-electron chi connectivity index (χ0n) is 17.5. The van der Waals surface area contributed by atoms with E-state index < -0.39 is 0 Å². The molecule has 1 saturated heterocycles. The van der Waals surface area contributed by atoms with Crippen molar-refractivity contribution in [1.82, 2.24) is 0 Å². The molecular weight excluding hydrogens is 384 g/mol. The molecule has 0 N–H and O–H groups in total.